The molecule has 1 saturated heterocycles. The standard InChI is InChI=1S/C27H22ClN3O2/c28-24-10-4-18(5-11-24)1-6-22-9-12-25-23-13-20(16-31(25)27(22)33)15-30(17-23)26(32)21-7-2-19(14-29)3-8-21/h1-12,20,23H,13,15-17H2/b6-1+/t20-,23+/m0/s1. The Balaban J connectivity index is 1.37. The van der Waals surface area contributed by atoms with Gasteiger partial charge in [0.05, 0.1) is 11.6 Å². The summed E-state index contributed by atoms with van der Waals surface area (Å²) in [7, 11) is 0. The number of pyridine rings is 1. The Bertz CT molecular complexity index is 1330. The number of piperidine rings is 1. The van der Waals surface area contributed by atoms with Crippen molar-refractivity contribution in [1.82, 2.24) is 9.47 Å². The van der Waals surface area contributed by atoms with Crippen LogP contribution in [-0.4, -0.2) is 28.5 Å². The Morgan fingerprint density at radius 1 is 0.970 bits per heavy atom. The molecule has 0 unspecified atom stereocenters. The lowest BCUT2D eigenvalue weighted by molar-refractivity contribution is 0.0594. The van der Waals surface area contributed by atoms with Crippen LogP contribution in [0.5, 0.6) is 0 Å². The second-order valence-electron chi connectivity index (χ2n) is 8.71. The van der Waals surface area contributed by atoms with Gasteiger partial charge in [-0.2, -0.15) is 5.26 Å². The summed E-state index contributed by atoms with van der Waals surface area (Å²) < 4.78 is 1.89. The van der Waals surface area contributed by atoms with E-state index in [1.54, 1.807) is 24.3 Å². The zero-order valence-electron chi connectivity index (χ0n) is 17.9. The van der Waals surface area contributed by atoms with Crippen LogP contribution in [0, 0.1) is 17.2 Å². The van der Waals surface area contributed by atoms with Gasteiger partial charge in [0, 0.05) is 47.4 Å². The number of hydrogen-bond donors (Lipinski definition) is 0. The smallest absolute Gasteiger partial charge is 0.258 e. The largest absolute Gasteiger partial charge is 0.338 e. The van der Waals surface area contributed by atoms with Crippen molar-refractivity contribution in [3.05, 3.63) is 104 Å². The molecule has 1 aromatic heterocycles. The molecule has 1 amide bonds. The molecule has 6 heteroatoms. The van der Waals surface area contributed by atoms with Gasteiger partial charge in [-0.3, -0.25) is 9.59 Å². The molecule has 2 aliphatic heterocycles. The normalized spacial score (nSPS) is 19.2. The molecule has 3 aromatic rings. The minimum absolute atomic E-state index is 0.0132. The summed E-state index contributed by atoms with van der Waals surface area (Å²) in [5.41, 5.74) is 3.77. The Labute approximate surface area is 197 Å². The number of likely N-dealkylation sites (tertiary alicyclic amines) is 1. The number of carbonyl (C=O) groups is 1. The number of halogens is 1. The van der Waals surface area contributed by atoms with E-state index in [0.29, 0.717) is 41.3 Å². The van der Waals surface area contributed by atoms with E-state index in [4.69, 9.17) is 16.9 Å². The van der Waals surface area contributed by atoms with Crippen molar-refractivity contribution in [3.63, 3.8) is 0 Å². The first-order valence-corrected chi connectivity index (χ1v) is 11.4. The second kappa shape index (κ2) is 8.73. The summed E-state index contributed by atoms with van der Waals surface area (Å²) in [6.45, 7) is 1.84. The van der Waals surface area contributed by atoms with Gasteiger partial charge in [-0.15, -0.1) is 0 Å². The van der Waals surface area contributed by atoms with E-state index in [2.05, 4.69) is 6.07 Å². The van der Waals surface area contributed by atoms with Crippen LogP contribution in [0.4, 0.5) is 0 Å². The van der Waals surface area contributed by atoms with E-state index in [-0.39, 0.29) is 23.3 Å². The number of nitrogens with zero attached hydrogens (tertiary/aromatic N) is 3. The van der Waals surface area contributed by atoms with Crippen molar-refractivity contribution in [3.8, 4) is 6.07 Å². The van der Waals surface area contributed by atoms with Crippen LogP contribution >= 0.6 is 11.6 Å². The molecule has 2 aliphatic rings. The van der Waals surface area contributed by atoms with Crippen LogP contribution in [0.25, 0.3) is 12.2 Å². The van der Waals surface area contributed by atoms with E-state index >= 15 is 0 Å². The Morgan fingerprint density at radius 3 is 2.45 bits per heavy atom. The van der Waals surface area contributed by atoms with Gasteiger partial charge in [-0.05, 0) is 72.5 Å². The molecule has 2 bridgehead atoms. The summed E-state index contributed by atoms with van der Waals surface area (Å²) in [5, 5.41) is 9.66. The number of carbonyl (C=O) groups excluding carboxylic acids is 1. The first-order chi connectivity index (χ1) is 16.0. The highest BCUT2D eigenvalue weighted by Gasteiger charge is 2.36. The summed E-state index contributed by atoms with van der Waals surface area (Å²) in [5.74, 6) is 0.362. The van der Waals surface area contributed by atoms with Crippen LogP contribution in [0.2, 0.25) is 5.02 Å². The third-order valence-electron chi connectivity index (χ3n) is 6.51. The maximum Gasteiger partial charge on any atom is 0.258 e. The highest BCUT2D eigenvalue weighted by Crippen LogP contribution is 2.35. The maximum absolute atomic E-state index is 13.2. The summed E-state index contributed by atoms with van der Waals surface area (Å²) in [6.07, 6.45) is 4.75. The van der Waals surface area contributed by atoms with Gasteiger partial charge in [-0.1, -0.05) is 29.8 Å². The lowest BCUT2D eigenvalue weighted by atomic mass is 9.82. The number of fused-ring (bicyclic) bond motifs is 4. The number of hydrogen-bond acceptors (Lipinski definition) is 3. The average molecular weight is 456 g/mol. The minimum Gasteiger partial charge on any atom is -0.338 e. The van der Waals surface area contributed by atoms with E-state index in [9.17, 15) is 9.59 Å². The molecule has 0 N–H and O–H groups in total. The van der Waals surface area contributed by atoms with Gasteiger partial charge < -0.3 is 9.47 Å². The third-order valence-corrected chi connectivity index (χ3v) is 6.76. The highest BCUT2D eigenvalue weighted by atomic mass is 35.5. The molecule has 0 spiro atoms. The lowest BCUT2D eigenvalue weighted by Gasteiger charge is -2.43. The van der Waals surface area contributed by atoms with Crippen molar-refractivity contribution in [2.75, 3.05) is 13.1 Å². The molecule has 3 heterocycles. The fraction of sp³-hybridized carbons (Fsp3) is 0.222. The number of aromatic nitrogens is 1. The van der Waals surface area contributed by atoms with Crippen LogP contribution in [0.15, 0.2) is 65.5 Å². The fourth-order valence-electron chi connectivity index (χ4n) is 4.89. The number of amides is 1. The van der Waals surface area contributed by atoms with Crippen molar-refractivity contribution in [2.24, 2.45) is 5.92 Å². The summed E-state index contributed by atoms with van der Waals surface area (Å²) >= 11 is 5.94. The van der Waals surface area contributed by atoms with Gasteiger partial charge in [0.1, 0.15) is 0 Å². The van der Waals surface area contributed by atoms with E-state index in [0.717, 1.165) is 17.7 Å². The molecule has 0 saturated carbocycles. The molecule has 33 heavy (non-hydrogen) atoms. The van der Waals surface area contributed by atoms with Crippen LogP contribution in [0.1, 0.15) is 45.1 Å². The predicted molar refractivity (Wildman–Crippen MR) is 129 cm³/mol. The summed E-state index contributed by atoms with van der Waals surface area (Å²) in [6, 6.07) is 20.2. The molecule has 0 radical (unpaired) electrons. The number of rotatable bonds is 3. The molecule has 1 fully saturated rings. The van der Waals surface area contributed by atoms with Gasteiger partial charge in [0.15, 0.2) is 0 Å². The highest BCUT2D eigenvalue weighted by molar-refractivity contribution is 6.30. The van der Waals surface area contributed by atoms with E-state index in [1.165, 1.54) is 0 Å². The quantitative estimate of drug-likeness (QED) is 0.569. The Kier molecular flexibility index (Phi) is 5.62. The molecule has 5 nitrogen and oxygen atoms in total. The second-order valence-corrected chi connectivity index (χ2v) is 9.15. The number of nitriles is 1. The van der Waals surface area contributed by atoms with Crippen LogP contribution in [0.3, 0.4) is 0 Å². The zero-order chi connectivity index (χ0) is 22.9. The van der Waals surface area contributed by atoms with E-state index < -0.39 is 0 Å². The monoisotopic (exact) mass is 455 g/mol. The molecule has 2 aromatic carbocycles. The number of benzene rings is 2. The predicted octanol–water partition coefficient (Wildman–Crippen LogP) is 4.80. The maximum atomic E-state index is 13.2. The van der Waals surface area contributed by atoms with Crippen LogP contribution < -0.4 is 5.56 Å². The Morgan fingerprint density at radius 2 is 1.73 bits per heavy atom. The van der Waals surface area contributed by atoms with Crippen molar-refractivity contribution in [1.29, 1.82) is 5.26 Å². The molecular formula is C27H22ClN3O2. The topological polar surface area (TPSA) is 66.1 Å². The first kappa shape index (κ1) is 21.2. The van der Waals surface area contributed by atoms with Crippen LogP contribution in [-0.2, 0) is 6.54 Å². The molecule has 2 atom stereocenters. The molecule has 164 valence electrons. The van der Waals surface area contributed by atoms with Gasteiger partial charge in [0.2, 0.25) is 0 Å². The van der Waals surface area contributed by atoms with Gasteiger partial charge in [0.25, 0.3) is 11.5 Å². The minimum atomic E-state index is -0.0208. The van der Waals surface area contributed by atoms with Gasteiger partial charge in [-0.25, -0.2) is 0 Å². The van der Waals surface area contributed by atoms with Gasteiger partial charge >= 0.3 is 0 Å². The third kappa shape index (κ3) is 4.22. The summed E-state index contributed by atoms with van der Waals surface area (Å²) in [4.78, 5) is 28.2. The zero-order valence-corrected chi connectivity index (χ0v) is 18.7. The fourth-order valence-corrected chi connectivity index (χ4v) is 5.01. The molecule has 5 rings (SSSR count). The average Bonchev–Trinajstić information content (AvgIpc) is 2.84. The SMILES string of the molecule is N#Cc1ccc(C(=O)N2C[C@@H]3C[C@H](C2)c2ccc(/C=C/c4ccc(Cl)cc4)c(=O)n2C3)cc1. The Hall–Kier alpha value is -3.62. The van der Waals surface area contributed by atoms with E-state index in [1.807, 2.05) is 58.0 Å². The lowest BCUT2D eigenvalue weighted by Crippen LogP contribution is -2.49. The van der Waals surface area contributed by atoms with Crippen molar-refractivity contribution in [2.45, 2.75) is 18.9 Å². The van der Waals surface area contributed by atoms with Crippen molar-refractivity contribution >= 4 is 29.7 Å². The van der Waals surface area contributed by atoms with Crippen molar-refractivity contribution < 1.29 is 4.79 Å². The molecule has 0 aliphatic carbocycles. The first-order valence-electron chi connectivity index (χ1n) is 11.0. The molecular weight excluding hydrogens is 434 g/mol.